The van der Waals surface area contributed by atoms with Gasteiger partial charge < -0.3 is 15.3 Å². The number of carboxylic acid groups (broad SMARTS) is 1. The van der Waals surface area contributed by atoms with Crippen molar-refractivity contribution in [2.75, 3.05) is 16.8 Å². The average molecular weight is 356 g/mol. The first-order chi connectivity index (χ1) is 12.3. The van der Waals surface area contributed by atoms with Crippen molar-refractivity contribution < 1.29 is 19.5 Å². The Balaban J connectivity index is 1.53. The number of hydrogen-bond acceptors (Lipinski definition) is 3. The van der Waals surface area contributed by atoms with Gasteiger partial charge in [0.25, 0.3) is 0 Å². The van der Waals surface area contributed by atoms with E-state index >= 15 is 0 Å². The van der Waals surface area contributed by atoms with Crippen LogP contribution in [0.15, 0.2) is 18.2 Å². The molecular formula is C20H24N2O4. The maximum Gasteiger partial charge on any atom is 0.307 e. The number of anilines is 2. The first kappa shape index (κ1) is 17.1. The van der Waals surface area contributed by atoms with Gasteiger partial charge in [-0.3, -0.25) is 14.4 Å². The lowest BCUT2D eigenvalue weighted by Gasteiger charge is -2.30. The number of fused-ring (bicyclic) bond motifs is 1. The van der Waals surface area contributed by atoms with Crippen molar-refractivity contribution in [3.63, 3.8) is 0 Å². The highest BCUT2D eigenvalue weighted by Gasteiger charge is 2.65. The van der Waals surface area contributed by atoms with E-state index in [0.29, 0.717) is 5.69 Å². The molecule has 2 saturated carbocycles. The van der Waals surface area contributed by atoms with Crippen molar-refractivity contribution in [1.29, 1.82) is 0 Å². The largest absolute Gasteiger partial charge is 0.481 e. The van der Waals surface area contributed by atoms with Gasteiger partial charge in [-0.05, 0) is 48.8 Å². The summed E-state index contributed by atoms with van der Waals surface area (Å²) in [7, 11) is 0. The molecule has 1 aromatic carbocycles. The molecule has 1 aliphatic heterocycles. The van der Waals surface area contributed by atoms with Gasteiger partial charge in [-0.1, -0.05) is 19.9 Å². The molecule has 0 unspecified atom stereocenters. The summed E-state index contributed by atoms with van der Waals surface area (Å²) in [5.74, 6) is -2.03. The van der Waals surface area contributed by atoms with E-state index in [1.54, 1.807) is 13.8 Å². The summed E-state index contributed by atoms with van der Waals surface area (Å²) in [5.41, 5.74) is 2.10. The highest BCUT2D eigenvalue weighted by atomic mass is 16.4. The molecule has 2 fully saturated rings. The second-order valence-corrected chi connectivity index (χ2v) is 8.32. The zero-order valence-electron chi connectivity index (χ0n) is 15.1. The van der Waals surface area contributed by atoms with Crippen molar-refractivity contribution in [1.82, 2.24) is 0 Å². The Bertz CT molecular complexity index is 797. The second-order valence-electron chi connectivity index (χ2n) is 8.32. The number of carbonyl (C=O) groups is 3. The van der Waals surface area contributed by atoms with Gasteiger partial charge in [0.1, 0.15) is 0 Å². The summed E-state index contributed by atoms with van der Waals surface area (Å²) in [6, 6.07) is 5.66. The topological polar surface area (TPSA) is 86.7 Å². The van der Waals surface area contributed by atoms with E-state index in [1.807, 2.05) is 23.1 Å². The number of amides is 2. The van der Waals surface area contributed by atoms with E-state index in [9.17, 15) is 19.5 Å². The normalized spacial score (nSPS) is 26.0. The fraction of sp³-hybridized carbons (Fsp3) is 0.550. The van der Waals surface area contributed by atoms with E-state index in [2.05, 4.69) is 5.32 Å². The molecule has 0 bridgehead atoms. The van der Waals surface area contributed by atoms with Crippen molar-refractivity contribution in [3.8, 4) is 0 Å². The van der Waals surface area contributed by atoms with Crippen LogP contribution >= 0.6 is 0 Å². The van der Waals surface area contributed by atoms with Gasteiger partial charge in [0.15, 0.2) is 0 Å². The Morgan fingerprint density at radius 2 is 1.92 bits per heavy atom. The number of carboxylic acids is 1. The van der Waals surface area contributed by atoms with Crippen LogP contribution < -0.4 is 10.2 Å². The molecule has 0 radical (unpaired) electrons. The zero-order chi connectivity index (χ0) is 18.6. The Morgan fingerprint density at radius 3 is 2.54 bits per heavy atom. The standard InChI is InChI=1S/C20H24N2O4/c1-20(2)15(16(20)19(25)26)17(23)21-13-8-7-11-4-3-9-22(14(11)10-13)18(24)12-5-6-12/h7-8,10,12,15-16H,3-6,9H2,1-2H3,(H,21,23)(H,25,26)/t15-,16+/m1/s1. The molecule has 1 heterocycles. The number of benzene rings is 1. The van der Waals surface area contributed by atoms with Crippen LogP contribution in [-0.4, -0.2) is 29.4 Å². The molecule has 6 heteroatoms. The predicted molar refractivity (Wildman–Crippen MR) is 96.9 cm³/mol. The van der Waals surface area contributed by atoms with Gasteiger partial charge in [-0.25, -0.2) is 0 Å². The Kier molecular flexibility index (Phi) is 3.82. The number of hydrogen-bond donors (Lipinski definition) is 2. The van der Waals surface area contributed by atoms with Gasteiger partial charge in [-0.2, -0.15) is 0 Å². The highest BCUT2D eigenvalue weighted by molar-refractivity contribution is 6.01. The summed E-state index contributed by atoms with van der Waals surface area (Å²) >= 11 is 0. The van der Waals surface area contributed by atoms with Crippen molar-refractivity contribution in [2.45, 2.75) is 39.5 Å². The minimum atomic E-state index is -0.929. The van der Waals surface area contributed by atoms with Crippen LogP contribution in [0.1, 0.15) is 38.7 Å². The Hall–Kier alpha value is -2.37. The summed E-state index contributed by atoms with van der Waals surface area (Å²) in [6.45, 7) is 4.33. The molecule has 0 saturated heterocycles. The number of carbonyl (C=O) groups excluding carboxylic acids is 2. The molecule has 0 spiro atoms. The molecule has 4 rings (SSSR count). The lowest BCUT2D eigenvalue weighted by Crippen LogP contribution is -2.36. The third kappa shape index (κ3) is 2.77. The van der Waals surface area contributed by atoms with E-state index in [1.165, 1.54) is 0 Å². The summed E-state index contributed by atoms with van der Waals surface area (Å²) in [6.07, 6.45) is 3.81. The molecule has 26 heavy (non-hydrogen) atoms. The number of nitrogens with zero attached hydrogens (tertiary/aromatic N) is 1. The second kappa shape index (κ2) is 5.83. The van der Waals surface area contributed by atoms with E-state index < -0.39 is 23.2 Å². The Morgan fingerprint density at radius 1 is 1.19 bits per heavy atom. The SMILES string of the molecule is CC1(C)[C@H](C(=O)O)[C@@H]1C(=O)Nc1ccc2c(c1)N(C(=O)C1CC1)CCC2. The zero-order valence-corrected chi connectivity index (χ0v) is 15.1. The average Bonchev–Trinajstić information content (AvgIpc) is 3.49. The van der Waals surface area contributed by atoms with Crippen LogP contribution in [-0.2, 0) is 20.8 Å². The first-order valence-corrected chi connectivity index (χ1v) is 9.28. The summed E-state index contributed by atoms with van der Waals surface area (Å²) in [5, 5.41) is 12.1. The first-order valence-electron chi connectivity index (χ1n) is 9.28. The molecule has 6 nitrogen and oxygen atoms in total. The molecule has 3 aliphatic rings. The van der Waals surface area contributed by atoms with Crippen molar-refractivity contribution in [3.05, 3.63) is 23.8 Å². The lowest BCUT2D eigenvalue weighted by atomic mass is 10.0. The fourth-order valence-electron chi connectivity index (χ4n) is 4.24. The highest BCUT2D eigenvalue weighted by Crippen LogP contribution is 2.58. The minimum absolute atomic E-state index is 0.155. The number of nitrogens with one attached hydrogen (secondary N) is 1. The molecule has 138 valence electrons. The molecule has 0 aromatic heterocycles. The fourth-order valence-corrected chi connectivity index (χ4v) is 4.24. The van der Waals surface area contributed by atoms with Crippen molar-refractivity contribution >= 4 is 29.2 Å². The molecule has 2 aliphatic carbocycles. The number of rotatable bonds is 4. The third-order valence-corrected chi connectivity index (χ3v) is 6.04. The molecular weight excluding hydrogens is 332 g/mol. The number of aryl methyl sites for hydroxylation is 1. The van der Waals surface area contributed by atoms with Crippen molar-refractivity contribution in [2.24, 2.45) is 23.2 Å². The molecule has 2 atom stereocenters. The monoisotopic (exact) mass is 356 g/mol. The molecule has 1 aromatic rings. The van der Waals surface area contributed by atoms with Crippen LogP contribution in [0.5, 0.6) is 0 Å². The van der Waals surface area contributed by atoms with Crippen LogP contribution in [0.2, 0.25) is 0 Å². The summed E-state index contributed by atoms with van der Waals surface area (Å²) < 4.78 is 0. The van der Waals surface area contributed by atoms with Gasteiger partial charge >= 0.3 is 5.97 Å². The molecule has 2 amide bonds. The predicted octanol–water partition coefficient (Wildman–Crippen LogP) is 2.67. The van der Waals surface area contributed by atoms with Gasteiger partial charge in [-0.15, -0.1) is 0 Å². The van der Waals surface area contributed by atoms with E-state index in [-0.39, 0.29) is 17.7 Å². The maximum absolute atomic E-state index is 12.6. The van der Waals surface area contributed by atoms with Crippen LogP contribution in [0.3, 0.4) is 0 Å². The third-order valence-electron chi connectivity index (χ3n) is 6.04. The van der Waals surface area contributed by atoms with Crippen LogP contribution in [0.4, 0.5) is 11.4 Å². The van der Waals surface area contributed by atoms with E-state index in [4.69, 9.17) is 0 Å². The molecule has 2 N–H and O–H groups in total. The van der Waals surface area contributed by atoms with Crippen LogP contribution in [0, 0.1) is 23.2 Å². The van der Waals surface area contributed by atoms with E-state index in [0.717, 1.165) is 43.5 Å². The van der Waals surface area contributed by atoms with Gasteiger partial charge in [0.05, 0.1) is 11.8 Å². The Labute approximate surface area is 152 Å². The minimum Gasteiger partial charge on any atom is -0.481 e. The summed E-state index contributed by atoms with van der Waals surface area (Å²) in [4.78, 5) is 38.3. The van der Waals surface area contributed by atoms with Gasteiger partial charge in [0.2, 0.25) is 11.8 Å². The lowest BCUT2D eigenvalue weighted by molar-refractivity contribution is -0.140. The smallest absolute Gasteiger partial charge is 0.307 e. The quantitative estimate of drug-likeness (QED) is 0.868. The number of aliphatic carboxylic acids is 1. The van der Waals surface area contributed by atoms with Gasteiger partial charge in [0, 0.05) is 23.8 Å². The van der Waals surface area contributed by atoms with Crippen LogP contribution in [0.25, 0.3) is 0 Å². The maximum atomic E-state index is 12.6.